The number of carbonyl (C=O) groups is 1. The summed E-state index contributed by atoms with van der Waals surface area (Å²) in [7, 11) is 0. The number of anilines is 1. The van der Waals surface area contributed by atoms with E-state index in [0.29, 0.717) is 18.9 Å². The van der Waals surface area contributed by atoms with Gasteiger partial charge >= 0.3 is 6.03 Å². The number of rotatable bonds is 2. The molecule has 2 aromatic rings. The zero-order valence-corrected chi connectivity index (χ0v) is 12.2. The number of amides is 2. The van der Waals surface area contributed by atoms with Gasteiger partial charge in [-0.25, -0.2) is 23.2 Å². The predicted molar refractivity (Wildman–Crippen MR) is 75.5 cm³/mol. The lowest BCUT2D eigenvalue weighted by Crippen LogP contribution is -2.52. The summed E-state index contributed by atoms with van der Waals surface area (Å²) in [5.74, 6) is 0.00521. The molecule has 1 saturated heterocycles. The molecular formula is C14H15F2N5O. The molecule has 0 aliphatic carbocycles. The zero-order valence-electron chi connectivity index (χ0n) is 12.2. The van der Waals surface area contributed by atoms with Crippen LogP contribution in [0.3, 0.4) is 0 Å². The van der Waals surface area contributed by atoms with Crippen molar-refractivity contribution in [3.63, 3.8) is 0 Å². The van der Waals surface area contributed by atoms with Gasteiger partial charge in [0.1, 0.15) is 23.3 Å². The standard InChI is InChI=1S/C14H15F2N5O/c1-8-17-9(2)21(19-8)11-6-20(7-11)14(22)18-13-4-3-10(15)5-12(13)16/h3-5,11H,6-7H2,1-2H3,(H,18,22). The van der Waals surface area contributed by atoms with Crippen LogP contribution in [0.1, 0.15) is 17.7 Å². The van der Waals surface area contributed by atoms with E-state index in [9.17, 15) is 13.6 Å². The third-order valence-corrected chi connectivity index (χ3v) is 3.58. The minimum Gasteiger partial charge on any atom is -0.320 e. The van der Waals surface area contributed by atoms with E-state index in [0.717, 1.165) is 18.0 Å². The van der Waals surface area contributed by atoms with Gasteiger partial charge in [-0.3, -0.25) is 0 Å². The van der Waals surface area contributed by atoms with E-state index in [1.165, 1.54) is 11.0 Å². The van der Waals surface area contributed by atoms with Crippen molar-refractivity contribution in [2.24, 2.45) is 0 Å². The maximum absolute atomic E-state index is 13.5. The van der Waals surface area contributed by atoms with Crippen molar-refractivity contribution in [2.45, 2.75) is 19.9 Å². The third-order valence-electron chi connectivity index (χ3n) is 3.58. The summed E-state index contributed by atoms with van der Waals surface area (Å²) in [5, 5.41) is 6.71. The van der Waals surface area contributed by atoms with Crippen LogP contribution >= 0.6 is 0 Å². The highest BCUT2D eigenvalue weighted by Gasteiger charge is 2.33. The van der Waals surface area contributed by atoms with Gasteiger partial charge in [0.2, 0.25) is 0 Å². The molecule has 6 nitrogen and oxygen atoms in total. The molecule has 0 spiro atoms. The van der Waals surface area contributed by atoms with E-state index in [4.69, 9.17) is 0 Å². The average Bonchev–Trinajstić information content (AvgIpc) is 2.70. The van der Waals surface area contributed by atoms with Gasteiger partial charge in [-0.2, -0.15) is 5.10 Å². The average molecular weight is 307 g/mol. The molecule has 1 aromatic carbocycles. The van der Waals surface area contributed by atoms with Crippen molar-refractivity contribution in [1.29, 1.82) is 0 Å². The van der Waals surface area contributed by atoms with Crippen LogP contribution in [0.4, 0.5) is 19.3 Å². The predicted octanol–water partition coefficient (Wildman–Crippen LogP) is 2.26. The van der Waals surface area contributed by atoms with Gasteiger partial charge < -0.3 is 10.2 Å². The van der Waals surface area contributed by atoms with Crippen LogP contribution in [0.25, 0.3) is 0 Å². The van der Waals surface area contributed by atoms with E-state index >= 15 is 0 Å². The molecule has 8 heteroatoms. The van der Waals surface area contributed by atoms with Crippen molar-refractivity contribution < 1.29 is 13.6 Å². The zero-order chi connectivity index (χ0) is 15.9. The highest BCUT2D eigenvalue weighted by molar-refractivity contribution is 5.90. The fourth-order valence-electron chi connectivity index (χ4n) is 2.44. The van der Waals surface area contributed by atoms with E-state index in [1.54, 1.807) is 4.68 Å². The lowest BCUT2D eigenvalue weighted by molar-refractivity contribution is 0.126. The number of halogens is 2. The van der Waals surface area contributed by atoms with E-state index in [1.807, 2.05) is 13.8 Å². The summed E-state index contributed by atoms with van der Waals surface area (Å²) >= 11 is 0. The van der Waals surface area contributed by atoms with E-state index in [2.05, 4.69) is 15.4 Å². The molecule has 0 unspecified atom stereocenters. The number of nitrogens with zero attached hydrogens (tertiary/aromatic N) is 4. The minimum absolute atomic E-state index is 0.0392. The first kappa shape index (κ1) is 14.4. The van der Waals surface area contributed by atoms with Gasteiger partial charge in [0, 0.05) is 19.2 Å². The molecule has 22 heavy (non-hydrogen) atoms. The second kappa shape index (κ2) is 5.36. The Morgan fingerprint density at radius 1 is 1.32 bits per heavy atom. The third kappa shape index (κ3) is 2.63. The van der Waals surface area contributed by atoms with Crippen LogP contribution in [-0.4, -0.2) is 38.8 Å². The Balaban J connectivity index is 1.60. The molecule has 1 N–H and O–H groups in total. The molecule has 0 radical (unpaired) electrons. The number of hydrogen-bond acceptors (Lipinski definition) is 3. The number of likely N-dealkylation sites (tertiary alicyclic amines) is 1. The molecule has 1 fully saturated rings. The Morgan fingerprint density at radius 2 is 2.05 bits per heavy atom. The van der Waals surface area contributed by atoms with Gasteiger partial charge in [0.05, 0.1) is 11.7 Å². The Morgan fingerprint density at radius 3 is 2.64 bits per heavy atom. The number of carbonyl (C=O) groups excluding carboxylic acids is 1. The molecule has 0 bridgehead atoms. The van der Waals surface area contributed by atoms with E-state index < -0.39 is 17.7 Å². The number of aromatic nitrogens is 3. The monoisotopic (exact) mass is 307 g/mol. The lowest BCUT2D eigenvalue weighted by atomic mass is 10.1. The fourth-order valence-corrected chi connectivity index (χ4v) is 2.44. The SMILES string of the molecule is Cc1nc(C)n(C2CN(C(=O)Nc3ccc(F)cc3F)C2)n1. The summed E-state index contributed by atoms with van der Waals surface area (Å²) in [6.45, 7) is 4.61. The quantitative estimate of drug-likeness (QED) is 0.925. The molecule has 1 aromatic heterocycles. The maximum atomic E-state index is 13.5. The number of benzene rings is 1. The molecular weight excluding hydrogens is 292 g/mol. The smallest absolute Gasteiger partial charge is 0.320 e. The lowest BCUT2D eigenvalue weighted by Gasteiger charge is -2.39. The first-order valence-corrected chi connectivity index (χ1v) is 6.85. The minimum atomic E-state index is -0.798. The van der Waals surface area contributed by atoms with Crippen LogP contribution in [-0.2, 0) is 0 Å². The number of aryl methyl sites for hydroxylation is 2. The van der Waals surface area contributed by atoms with Gasteiger partial charge in [-0.15, -0.1) is 0 Å². The summed E-state index contributed by atoms with van der Waals surface area (Å²) < 4.78 is 28.1. The summed E-state index contributed by atoms with van der Waals surface area (Å²) in [6, 6.07) is 2.68. The topological polar surface area (TPSA) is 63.1 Å². The van der Waals surface area contributed by atoms with Crippen LogP contribution < -0.4 is 5.32 Å². The molecule has 1 aliphatic rings. The van der Waals surface area contributed by atoms with Crippen molar-refractivity contribution in [3.05, 3.63) is 41.5 Å². The van der Waals surface area contributed by atoms with Gasteiger partial charge in [-0.05, 0) is 26.0 Å². The van der Waals surface area contributed by atoms with Crippen molar-refractivity contribution in [1.82, 2.24) is 19.7 Å². The summed E-state index contributed by atoms with van der Waals surface area (Å²) in [6.07, 6.45) is 0. The van der Waals surface area contributed by atoms with Crippen LogP contribution in [0.15, 0.2) is 18.2 Å². The van der Waals surface area contributed by atoms with Crippen LogP contribution in [0.5, 0.6) is 0 Å². The maximum Gasteiger partial charge on any atom is 0.322 e. The number of hydrogen-bond donors (Lipinski definition) is 1. The Labute approximate surface area is 125 Å². The summed E-state index contributed by atoms with van der Waals surface area (Å²) in [5.41, 5.74) is -0.0392. The normalized spacial score (nSPS) is 14.8. The number of nitrogens with one attached hydrogen (secondary N) is 1. The molecule has 2 heterocycles. The van der Waals surface area contributed by atoms with Crippen molar-refractivity contribution in [3.8, 4) is 0 Å². The Bertz CT molecular complexity index is 724. The molecule has 0 saturated carbocycles. The molecule has 2 amide bonds. The largest absolute Gasteiger partial charge is 0.322 e. The van der Waals surface area contributed by atoms with E-state index in [-0.39, 0.29) is 11.7 Å². The molecule has 1 aliphatic heterocycles. The molecule has 116 valence electrons. The Hall–Kier alpha value is -2.51. The summed E-state index contributed by atoms with van der Waals surface area (Å²) in [4.78, 5) is 17.8. The number of urea groups is 1. The first-order valence-electron chi connectivity index (χ1n) is 6.85. The molecule has 3 rings (SSSR count). The first-order chi connectivity index (χ1) is 10.4. The van der Waals surface area contributed by atoms with Crippen LogP contribution in [0, 0.1) is 25.5 Å². The van der Waals surface area contributed by atoms with Gasteiger partial charge in [0.15, 0.2) is 0 Å². The second-order valence-corrected chi connectivity index (χ2v) is 5.26. The second-order valence-electron chi connectivity index (χ2n) is 5.26. The Kier molecular flexibility index (Phi) is 3.51. The highest BCUT2D eigenvalue weighted by Crippen LogP contribution is 2.23. The van der Waals surface area contributed by atoms with Crippen molar-refractivity contribution >= 4 is 11.7 Å². The van der Waals surface area contributed by atoms with Crippen molar-refractivity contribution in [2.75, 3.05) is 18.4 Å². The van der Waals surface area contributed by atoms with Gasteiger partial charge in [0.25, 0.3) is 0 Å². The highest BCUT2D eigenvalue weighted by atomic mass is 19.1. The molecule has 0 atom stereocenters. The van der Waals surface area contributed by atoms with Crippen LogP contribution in [0.2, 0.25) is 0 Å². The van der Waals surface area contributed by atoms with Gasteiger partial charge in [-0.1, -0.05) is 0 Å². The fraction of sp³-hybridized carbons (Fsp3) is 0.357.